The quantitative estimate of drug-likeness (QED) is 0.755. The summed E-state index contributed by atoms with van der Waals surface area (Å²) in [6.45, 7) is 0. The van der Waals surface area contributed by atoms with Crippen LogP contribution >= 0.6 is 23.4 Å². The van der Waals surface area contributed by atoms with Crippen LogP contribution in [0.3, 0.4) is 0 Å². The van der Waals surface area contributed by atoms with Crippen LogP contribution in [0, 0.1) is 0 Å². The molecule has 1 aliphatic heterocycles. The van der Waals surface area contributed by atoms with Crippen molar-refractivity contribution in [3.63, 3.8) is 0 Å². The van der Waals surface area contributed by atoms with E-state index in [1.807, 2.05) is 30.3 Å². The average Bonchev–Trinajstić information content (AvgIpc) is 2.90. The number of carbonyl (C=O) groups is 2. The van der Waals surface area contributed by atoms with E-state index < -0.39 is 5.97 Å². The number of likely N-dealkylation sites (N-methyl/N-ethyl adjacent to an activating group) is 1. The first-order chi connectivity index (χ1) is 12.9. The number of nitrogens with zero attached hydrogens (tertiary/aromatic N) is 2. The monoisotopic (exact) mass is 398 g/mol. The lowest BCUT2D eigenvalue weighted by molar-refractivity contribution is -0.121. The number of carbonyl (C=O) groups excluding carboxylic acids is 1. The molecule has 5 nitrogen and oxygen atoms in total. The first-order valence-electron chi connectivity index (χ1n) is 7.96. The minimum atomic E-state index is -1.03. The van der Waals surface area contributed by atoms with E-state index in [1.165, 1.54) is 28.8 Å². The Labute approximate surface area is 165 Å². The largest absolute Gasteiger partial charge is 0.478 e. The SMILES string of the molecule is CN1C(=O)/C(=C/C(Cl)=C/c2ccccc2)SC1=Nc1cccc(C(=O)O)c1. The first kappa shape index (κ1) is 18.9. The maximum absolute atomic E-state index is 12.4. The Morgan fingerprint density at radius 3 is 2.63 bits per heavy atom. The number of hydrogen-bond donors (Lipinski definition) is 1. The van der Waals surface area contributed by atoms with E-state index in [-0.39, 0.29) is 11.5 Å². The summed E-state index contributed by atoms with van der Waals surface area (Å²) in [5, 5.41) is 9.96. The zero-order valence-corrected chi connectivity index (χ0v) is 15.9. The summed E-state index contributed by atoms with van der Waals surface area (Å²) < 4.78 is 0. The number of hydrogen-bond acceptors (Lipinski definition) is 4. The van der Waals surface area contributed by atoms with E-state index in [1.54, 1.807) is 31.3 Å². The van der Waals surface area contributed by atoms with Crippen molar-refractivity contribution in [2.45, 2.75) is 0 Å². The molecule has 1 N–H and O–H groups in total. The first-order valence-corrected chi connectivity index (χ1v) is 9.15. The second-order valence-corrected chi connectivity index (χ2v) is 7.11. The van der Waals surface area contributed by atoms with E-state index in [0.29, 0.717) is 20.8 Å². The van der Waals surface area contributed by atoms with Crippen molar-refractivity contribution >= 4 is 52.2 Å². The molecule has 136 valence electrons. The Kier molecular flexibility index (Phi) is 5.78. The second kappa shape index (κ2) is 8.24. The zero-order chi connectivity index (χ0) is 19.4. The molecule has 0 saturated carbocycles. The normalized spacial score (nSPS) is 17.8. The van der Waals surface area contributed by atoms with Gasteiger partial charge in [0.05, 0.1) is 16.2 Å². The standard InChI is InChI=1S/C20H15ClN2O3S/c1-23-18(24)17(12-15(21)10-13-6-3-2-4-7-13)27-20(23)22-16-9-5-8-14(11-16)19(25)26/h2-12H,1H3,(H,25,26)/b15-10-,17-12-,22-20?. The number of benzene rings is 2. The molecule has 0 radical (unpaired) electrons. The Hall–Kier alpha value is -2.83. The number of thioether (sulfide) groups is 1. The molecular formula is C20H15ClN2O3S. The van der Waals surface area contributed by atoms with E-state index >= 15 is 0 Å². The van der Waals surface area contributed by atoms with Gasteiger partial charge in [-0.05, 0) is 47.7 Å². The summed E-state index contributed by atoms with van der Waals surface area (Å²) in [7, 11) is 1.62. The Bertz CT molecular complexity index is 984. The number of aromatic carboxylic acids is 1. The van der Waals surface area contributed by atoms with Crippen molar-refractivity contribution in [3.8, 4) is 0 Å². The maximum atomic E-state index is 12.4. The predicted octanol–water partition coefficient (Wildman–Crippen LogP) is 4.74. The van der Waals surface area contributed by atoms with Crippen LogP contribution in [0.15, 0.2) is 75.6 Å². The van der Waals surface area contributed by atoms with Crippen molar-refractivity contribution in [3.05, 3.63) is 81.7 Å². The summed E-state index contributed by atoms with van der Waals surface area (Å²) in [6, 6.07) is 15.8. The second-order valence-electron chi connectivity index (χ2n) is 5.66. The third kappa shape index (κ3) is 4.67. The van der Waals surface area contributed by atoms with Crippen LogP contribution in [0.4, 0.5) is 5.69 Å². The third-order valence-corrected chi connectivity index (χ3v) is 4.97. The van der Waals surface area contributed by atoms with Gasteiger partial charge < -0.3 is 5.11 Å². The van der Waals surface area contributed by atoms with E-state index in [4.69, 9.17) is 16.7 Å². The predicted molar refractivity (Wildman–Crippen MR) is 109 cm³/mol. The van der Waals surface area contributed by atoms with E-state index in [9.17, 15) is 9.59 Å². The molecular weight excluding hydrogens is 384 g/mol. The minimum absolute atomic E-state index is 0.137. The third-order valence-electron chi connectivity index (χ3n) is 3.69. The van der Waals surface area contributed by atoms with E-state index in [2.05, 4.69) is 4.99 Å². The smallest absolute Gasteiger partial charge is 0.335 e. The molecule has 1 aliphatic rings. The van der Waals surface area contributed by atoms with Crippen LogP contribution in [0.1, 0.15) is 15.9 Å². The Morgan fingerprint density at radius 1 is 1.19 bits per heavy atom. The molecule has 27 heavy (non-hydrogen) atoms. The topological polar surface area (TPSA) is 70.0 Å². The number of allylic oxidation sites excluding steroid dienone is 2. The maximum Gasteiger partial charge on any atom is 0.335 e. The fourth-order valence-corrected chi connectivity index (χ4v) is 3.62. The van der Waals surface area contributed by atoms with Gasteiger partial charge in [0.25, 0.3) is 5.91 Å². The molecule has 7 heteroatoms. The highest BCUT2D eigenvalue weighted by Crippen LogP contribution is 2.33. The van der Waals surface area contributed by atoms with Crippen LogP contribution in [0.2, 0.25) is 0 Å². The summed E-state index contributed by atoms with van der Waals surface area (Å²) in [4.78, 5) is 29.8. The molecule has 2 aromatic carbocycles. The molecule has 1 fully saturated rings. The fourth-order valence-electron chi connectivity index (χ4n) is 2.35. The van der Waals surface area contributed by atoms with Gasteiger partial charge in [-0.2, -0.15) is 0 Å². The highest BCUT2D eigenvalue weighted by Gasteiger charge is 2.30. The zero-order valence-electron chi connectivity index (χ0n) is 14.3. The van der Waals surface area contributed by atoms with Crippen LogP contribution < -0.4 is 0 Å². The molecule has 0 aromatic heterocycles. The molecule has 0 bridgehead atoms. The van der Waals surface area contributed by atoms with Gasteiger partial charge in [0, 0.05) is 12.1 Å². The summed E-state index contributed by atoms with van der Waals surface area (Å²) in [6.07, 6.45) is 3.38. The number of amidine groups is 1. The molecule has 1 heterocycles. The fraction of sp³-hybridized carbons (Fsp3) is 0.0500. The molecule has 1 amide bonds. The summed E-state index contributed by atoms with van der Waals surface area (Å²) >= 11 is 7.46. The van der Waals surface area contributed by atoms with Crippen molar-refractivity contribution in [2.75, 3.05) is 7.05 Å². The van der Waals surface area contributed by atoms with Gasteiger partial charge in [0.15, 0.2) is 5.17 Å². The lowest BCUT2D eigenvalue weighted by Crippen LogP contribution is -2.23. The van der Waals surface area contributed by atoms with Crippen LogP contribution in [-0.2, 0) is 4.79 Å². The molecule has 0 aliphatic carbocycles. The van der Waals surface area contributed by atoms with E-state index in [0.717, 1.165) is 5.56 Å². The van der Waals surface area contributed by atoms with Crippen molar-refractivity contribution in [1.82, 2.24) is 4.90 Å². The Balaban J connectivity index is 1.85. The highest BCUT2D eigenvalue weighted by atomic mass is 35.5. The minimum Gasteiger partial charge on any atom is -0.478 e. The van der Waals surface area contributed by atoms with Crippen molar-refractivity contribution in [1.29, 1.82) is 0 Å². The average molecular weight is 399 g/mol. The van der Waals surface area contributed by atoms with Crippen molar-refractivity contribution < 1.29 is 14.7 Å². The lowest BCUT2D eigenvalue weighted by atomic mass is 10.2. The van der Waals surface area contributed by atoms with Gasteiger partial charge >= 0.3 is 5.97 Å². The summed E-state index contributed by atoms with van der Waals surface area (Å²) in [5.74, 6) is -1.24. The van der Waals surface area contributed by atoms with Gasteiger partial charge in [-0.3, -0.25) is 9.69 Å². The molecule has 3 rings (SSSR count). The number of halogens is 1. The van der Waals surface area contributed by atoms with Crippen LogP contribution in [-0.4, -0.2) is 34.1 Å². The van der Waals surface area contributed by atoms with Crippen LogP contribution in [0.5, 0.6) is 0 Å². The lowest BCUT2D eigenvalue weighted by Gasteiger charge is -2.07. The van der Waals surface area contributed by atoms with Gasteiger partial charge in [-0.25, -0.2) is 9.79 Å². The molecule has 0 unspecified atom stereocenters. The highest BCUT2D eigenvalue weighted by molar-refractivity contribution is 8.18. The summed E-state index contributed by atoms with van der Waals surface area (Å²) in [5.41, 5.74) is 1.53. The van der Waals surface area contributed by atoms with Gasteiger partial charge in [-0.1, -0.05) is 48.0 Å². The molecule has 1 saturated heterocycles. The number of carboxylic acid groups (broad SMARTS) is 1. The van der Waals surface area contributed by atoms with Gasteiger partial charge in [0.1, 0.15) is 0 Å². The molecule has 2 aromatic rings. The number of amides is 1. The van der Waals surface area contributed by atoms with Crippen molar-refractivity contribution in [2.24, 2.45) is 4.99 Å². The van der Waals surface area contributed by atoms with Gasteiger partial charge in [0.2, 0.25) is 0 Å². The number of carboxylic acids is 1. The number of aliphatic imine (C=N–C) groups is 1. The molecule has 0 atom stereocenters. The Morgan fingerprint density at radius 2 is 1.93 bits per heavy atom. The van der Waals surface area contributed by atoms with Gasteiger partial charge in [-0.15, -0.1) is 0 Å². The van der Waals surface area contributed by atoms with Crippen LogP contribution in [0.25, 0.3) is 6.08 Å². The molecule has 0 spiro atoms. The number of rotatable bonds is 4.